The first kappa shape index (κ1) is 15.5. The van der Waals surface area contributed by atoms with Gasteiger partial charge in [0.15, 0.2) is 0 Å². The SMILES string of the molecule is Cc1ccc(C)c(OCCCCCC(=O)NN)c1C. The summed E-state index contributed by atoms with van der Waals surface area (Å²) in [5.41, 5.74) is 5.77. The second-order valence-electron chi connectivity index (χ2n) is 4.88. The zero-order chi connectivity index (χ0) is 14.3. The monoisotopic (exact) mass is 264 g/mol. The fourth-order valence-corrected chi connectivity index (χ4v) is 1.96. The average molecular weight is 264 g/mol. The summed E-state index contributed by atoms with van der Waals surface area (Å²) in [6.07, 6.45) is 3.25. The van der Waals surface area contributed by atoms with Gasteiger partial charge in [0.05, 0.1) is 6.61 Å². The number of ether oxygens (including phenoxy) is 1. The molecule has 0 bridgehead atoms. The molecule has 0 aliphatic heterocycles. The topological polar surface area (TPSA) is 64.3 Å². The maximum Gasteiger partial charge on any atom is 0.233 e. The molecule has 0 aromatic heterocycles. The lowest BCUT2D eigenvalue weighted by atomic mass is 10.1. The van der Waals surface area contributed by atoms with E-state index in [4.69, 9.17) is 10.6 Å². The first-order valence-electron chi connectivity index (χ1n) is 6.75. The van der Waals surface area contributed by atoms with Gasteiger partial charge in [-0.3, -0.25) is 10.2 Å². The third-order valence-electron chi connectivity index (χ3n) is 3.33. The van der Waals surface area contributed by atoms with Gasteiger partial charge in [0.1, 0.15) is 5.75 Å². The van der Waals surface area contributed by atoms with Crippen LogP contribution in [-0.2, 0) is 4.79 Å². The van der Waals surface area contributed by atoms with Crippen LogP contribution < -0.4 is 16.0 Å². The van der Waals surface area contributed by atoms with Crippen molar-refractivity contribution in [3.05, 3.63) is 28.8 Å². The highest BCUT2D eigenvalue weighted by Crippen LogP contribution is 2.25. The lowest BCUT2D eigenvalue weighted by molar-refractivity contribution is -0.121. The van der Waals surface area contributed by atoms with Crippen molar-refractivity contribution in [2.45, 2.75) is 46.5 Å². The van der Waals surface area contributed by atoms with Crippen LogP contribution in [0.25, 0.3) is 0 Å². The summed E-state index contributed by atoms with van der Waals surface area (Å²) in [5, 5.41) is 0. The second-order valence-corrected chi connectivity index (χ2v) is 4.88. The molecule has 106 valence electrons. The summed E-state index contributed by atoms with van der Waals surface area (Å²) in [6, 6.07) is 4.20. The molecule has 4 heteroatoms. The van der Waals surface area contributed by atoms with E-state index in [-0.39, 0.29) is 5.91 Å². The van der Waals surface area contributed by atoms with Gasteiger partial charge in [-0.25, -0.2) is 5.84 Å². The van der Waals surface area contributed by atoms with Crippen molar-refractivity contribution in [1.29, 1.82) is 0 Å². The predicted octanol–water partition coefficient (Wildman–Crippen LogP) is 2.54. The van der Waals surface area contributed by atoms with Crippen molar-refractivity contribution in [3.8, 4) is 5.75 Å². The third-order valence-corrected chi connectivity index (χ3v) is 3.33. The molecule has 3 N–H and O–H groups in total. The molecule has 0 spiro atoms. The molecule has 1 amide bonds. The zero-order valence-electron chi connectivity index (χ0n) is 12.1. The minimum atomic E-state index is -0.105. The molecule has 0 heterocycles. The van der Waals surface area contributed by atoms with Crippen LogP contribution in [0.3, 0.4) is 0 Å². The summed E-state index contributed by atoms with van der Waals surface area (Å²) in [7, 11) is 0. The summed E-state index contributed by atoms with van der Waals surface area (Å²) in [6.45, 7) is 6.93. The van der Waals surface area contributed by atoms with Gasteiger partial charge in [0.2, 0.25) is 5.91 Å². The van der Waals surface area contributed by atoms with E-state index in [9.17, 15) is 4.79 Å². The van der Waals surface area contributed by atoms with Crippen molar-refractivity contribution in [2.24, 2.45) is 5.84 Å². The Morgan fingerprint density at radius 1 is 1.16 bits per heavy atom. The molecule has 0 saturated carbocycles. The Kier molecular flexibility index (Phi) is 6.36. The minimum Gasteiger partial charge on any atom is -0.493 e. The number of unbranched alkanes of at least 4 members (excludes halogenated alkanes) is 2. The van der Waals surface area contributed by atoms with Gasteiger partial charge < -0.3 is 4.74 Å². The smallest absolute Gasteiger partial charge is 0.233 e. The summed E-state index contributed by atoms with van der Waals surface area (Å²) in [5.74, 6) is 5.91. The van der Waals surface area contributed by atoms with Gasteiger partial charge in [-0.05, 0) is 56.7 Å². The van der Waals surface area contributed by atoms with Gasteiger partial charge in [-0.15, -0.1) is 0 Å². The Morgan fingerprint density at radius 3 is 2.53 bits per heavy atom. The van der Waals surface area contributed by atoms with Crippen molar-refractivity contribution in [3.63, 3.8) is 0 Å². The Hall–Kier alpha value is -1.55. The summed E-state index contributed by atoms with van der Waals surface area (Å²) < 4.78 is 5.86. The number of carbonyl (C=O) groups is 1. The van der Waals surface area contributed by atoms with Crippen LogP contribution in [0.5, 0.6) is 5.75 Å². The van der Waals surface area contributed by atoms with E-state index in [1.54, 1.807) is 0 Å². The van der Waals surface area contributed by atoms with E-state index in [2.05, 4.69) is 38.3 Å². The Bertz CT molecular complexity index is 430. The number of carbonyl (C=O) groups excluding carboxylic acids is 1. The van der Waals surface area contributed by atoms with Crippen molar-refractivity contribution in [2.75, 3.05) is 6.61 Å². The first-order valence-corrected chi connectivity index (χ1v) is 6.75. The molecular formula is C15H24N2O2. The average Bonchev–Trinajstić information content (AvgIpc) is 2.41. The minimum absolute atomic E-state index is 0.105. The molecule has 0 aliphatic carbocycles. The van der Waals surface area contributed by atoms with Crippen LogP contribution in [0, 0.1) is 20.8 Å². The molecular weight excluding hydrogens is 240 g/mol. The highest BCUT2D eigenvalue weighted by molar-refractivity contribution is 5.75. The number of hydrogen-bond donors (Lipinski definition) is 2. The quantitative estimate of drug-likeness (QED) is 0.344. The maximum absolute atomic E-state index is 10.9. The third kappa shape index (κ3) is 4.91. The van der Waals surface area contributed by atoms with Gasteiger partial charge in [-0.1, -0.05) is 12.1 Å². The van der Waals surface area contributed by atoms with Crippen LogP contribution in [0.4, 0.5) is 0 Å². The van der Waals surface area contributed by atoms with Gasteiger partial charge >= 0.3 is 0 Å². The normalized spacial score (nSPS) is 10.3. The Balaban J connectivity index is 2.30. The fraction of sp³-hybridized carbons (Fsp3) is 0.533. The molecule has 0 aliphatic rings. The maximum atomic E-state index is 10.9. The Morgan fingerprint density at radius 2 is 1.84 bits per heavy atom. The van der Waals surface area contributed by atoms with Crippen LogP contribution >= 0.6 is 0 Å². The van der Waals surface area contributed by atoms with E-state index >= 15 is 0 Å². The number of rotatable bonds is 7. The predicted molar refractivity (Wildman–Crippen MR) is 76.9 cm³/mol. The standard InChI is InChI=1S/C15H24N2O2/c1-11-8-9-12(2)15(13(11)3)19-10-6-4-5-7-14(18)17-16/h8-9H,4-7,10,16H2,1-3H3,(H,17,18). The number of benzene rings is 1. The highest BCUT2D eigenvalue weighted by atomic mass is 16.5. The number of aryl methyl sites for hydroxylation is 2. The van der Waals surface area contributed by atoms with Gasteiger partial charge in [-0.2, -0.15) is 0 Å². The molecule has 1 aromatic rings. The van der Waals surface area contributed by atoms with Crippen LogP contribution in [0.15, 0.2) is 12.1 Å². The molecule has 1 aromatic carbocycles. The molecule has 4 nitrogen and oxygen atoms in total. The number of hydrazine groups is 1. The molecule has 0 radical (unpaired) electrons. The number of nitrogens with two attached hydrogens (primary N) is 1. The van der Waals surface area contributed by atoms with Crippen LogP contribution in [-0.4, -0.2) is 12.5 Å². The molecule has 0 fully saturated rings. The number of hydrogen-bond acceptors (Lipinski definition) is 3. The number of amides is 1. The fourth-order valence-electron chi connectivity index (χ4n) is 1.96. The van der Waals surface area contributed by atoms with Crippen LogP contribution in [0.2, 0.25) is 0 Å². The lowest BCUT2D eigenvalue weighted by Crippen LogP contribution is -2.29. The van der Waals surface area contributed by atoms with Gasteiger partial charge in [0, 0.05) is 6.42 Å². The summed E-state index contributed by atoms with van der Waals surface area (Å²) >= 11 is 0. The second kappa shape index (κ2) is 7.79. The Labute approximate surface area is 115 Å². The highest BCUT2D eigenvalue weighted by Gasteiger charge is 2.06. The van der Waals surface area contributed by atoms with E-state index in [1.165, 1.54) is 16.7 Å². The van der Waals surface area contributed by atoms with E-state index in [1.807, 2.05) is 0 Å². The summed E-state index contributed by atoms with van der Waals surface area (Å²) in [4.78, 5) is 10.9. The van der Waals surface area contributed by atoms with E-state index < -0.39 is 0 Å². The first-order chi connectivity index (χ1) is 9.06. The van der Waals surface area contributed by atoms with Crippen molar-refractivity contribution in [1.82, 2.24) is 5.43 Å². The number of nitrogens with one attached hydrogen (secondary N) is 1. The van der Waals surface area contributed by atoms with E-state index in [0.717, 1.165) is 25.0 Å². The van der Waals surface area contributed by atoms with Crippen LogP contribution in [0.1, 0.15) is 42.4 Å². The largest absolute Gasteiger partial charge is 0.493 e. The van der Waals surface area contributed by atoms with Gasteiger partial charge in [0.25, 0.3) is 0 Å². The molecule has 0 saturated heterocycles. The lowest BCUT2D eigenvalue weighted by Gasteiger charge is -2.13. The molecule has 0 unspecified atom stereocenters. The van der Waals surface area contributed by atoms with E-state index in [0.29, 0.717) is 13.0 Å². The molecule has 1 rings (SSSR count). The zero-order valence-corrected chi connectivity index (χ0v) is 12.1. The molecule has 0 atom stereocenters. The molecule has 19 heavy (non-hydrogen) atoms. The van der Waals surface area contributed by atoms with Crippen molar-refractivity contribution < 1.29 is 9.53 Å². The van der Waals surface area contributed by atoms with Crippen molar-refractivity contribution >= 4 is 5.91 Å².